The molecule has 4 aromatic rings. The number of benzene rings is 1. The third-order valence-electron chi connectivity index (χ3n) is 5.87. The molecule has 3 aromatic heterocycles. The number of amides is 1. The Balaban J connectivity index is 1.30. The first-order valence-corrected chi connectivity index (χ1v) is 11.9. The highest BCUT2D eigenvalue weighted by atomic mass is 35.5. The van der Waals surface area contributed by atoms with Crippen molar-refractivity contribution >= 4 is 52.0 Å². The fourth-order valence-electron chi connectivity index (χ4n) is 3.71. The van der Waals surface area contributed by atoms with Crippen LogP contribution in [0.15, 0.2) is 45.2 Å². The van der Waals surface area contributed by atoms with Crippen molar-refractivity contribution in [2.45, 2.75) is 38.2 Å². The summed E-state index contributed by atoms with van der Waals surface area (Å²) < 4.78 is 21.0. The van der Waals surface area contributed by atoms with Gasteiger partial charge in [0.25, 0.3) is 5.78 Å². The Kier molecular flexibility index (Phi) is 5.79. The first-order chi connectivity index (χ1) is 16.8. The number of furan rings is 2. The molecule has 178 valence electrons. The van der Waals surface area contributed by atoms with Gasteiger partial charge < -0.3 is 18.7 Å². The summed E-state index contributed by atoms with van der Waals surface area (Å²) in [6.07, 6.45) is -0.114. The number of carboxylic acid groups (broad SMARTS) is 1. The third kappa shape index (κ3) is 4.38. The van der Waals surface area contributed by atoms with E-state index in [1.807, 2.05) is 13.0 Å². The zero-order chi connectivity index (χ0) is 24.7. The number of fused-ring (bicyclic) bond motifs is 1. The van der Waals surface area contributed by atoms with Gasteiger partial charge in [-0.3, -0.25) is 10.1 Å². The second kappa shape index (κ2) is 8.80. The molecule has 8 nitrogen and oxygen atoms in total. The van der Waals surface area contributed by atoms with Gasteiger partial charge in [-0.05, 0) is 62.2 Å². The van der Waals surface area contributed by atoms with Crippen LogP contribution in [0.3, 0.4) is 0 Å². The molecule has 0 spiro atoms. The molecule has 1 aromatic carbocycles. The van der Waals surface area contributed by atoms with E-state index < -0.39 is 23.6 Å². The van der Waals surface area contributed by atoms with Gasteiger partial charge in [-0.2, -0.15) is 4.37 Å². The number of hydrogen-bond donors (Lipinski definition) is 2. The standard InChI is InChI=1S/C25H19ClN2O6S/c1-13(17-5-3-4-6-18(17)26)32-24(31)27-21-14(2)35-28-19(21)8-7-16-11-15-12-20(34-22(15)33-16)25(9-10-25)23(29)30/h3-6,11-13H,9-10H2,1-2H3,(H,27,31)(H,29,30). The van der Waals surface area contributed by atoms with Gasteiger partial charge in [0, 0.05) is 21.5 Å². The molecule has 0 saturated heterocycles. The maximum Gasteiger partial charge on any atom is 0.412 e. The van der Waals surface area contributed by atoms with E-state index >= 15 is 0 Å². The van der Waals surface area contributed by atoms with Crippen LogP contribution in [0.25, 0.3) is 11.2 Å². The van der Waals surface area contributed by atoms with Gasteiger partial charge >= 0.3 is 12.1 Å². The van der Waals surface area contributed by atoms with Gasteiger partial charge in [-0.25, -0.2) is 4.79 Å². The van der Waals surface area contributed by atoms with Gasteiger partial charge in [0.2, 0.25) is 0 Å². The number of carbonyl (C=O) groups excluding carboxylic acids is 1. The molecule has 1 unspecified atom stereocenters. The molecule has 10 heteroatoms. The molecule has 1 aliphatic carbocycles. The van der Waals surface area contributed by atoms with Crippen LogP contribution in [0.5, 0.6) is 0 Å². The van der Waals surface area contributed by atoms with E-state index in [2.05, 4.69) is 21.5 Å². The Morgan fingerprint density at radius 2 is 2.03 bits per heavy atom. The fraction of sp³-hybridized carbons (Fsp3) is 0.240. The summed E-state index contributed by atoms with van der Waals surface area (Å²) in [7, 11) is 0. The average molecular weight is 511 g/mol. The number of nitrogens with zero attached hydrogens (tertiary/aromatic N) is 1. The van der Waals surface area contributed by atoms with Crippen LogP contribution in [0.4, 0.5) is 10.5 Å². The first-order valence-electron chi connectivity index (χ1n) is 10.7. The number of halogens is 1. The van der Waals surface area contributed by atoms with E-state index in [9.17, 15) is 14.7 Å². The lowest BCUT2D eigenvalue weighted by Crippen LogP contribution is -2.18. The Labute approximate surface area is 209 Å². The SMILES string of the molecule is Cc1snc(C#Cc2cc3cc(C4(C(=O)O)CC4)oc3o2)c1NC(=O)OC(C)c1ccccc1Cl. The summed E-state index contributed by atoms with van der Waals surface area (Å²) >= 11 is 7.38. The molecular weight excluding hydrogens is 492 g/mol. The number of aliphatic carboxylic acids is 1. The molecule has 3 heterocycles. The topological polar surface area (TPSA) is 115 Å². The maximum atomic E-state index is 12.5. The second-order valence-corrected chi connectivity index (χ2v) is 9.64. The molecular formula is C25H19ClN2O6S. The van der Waals surface area contributed by atoms with Crippen molar-refractivity contribution in [2.24, 2.45) is 0 Å². The number of nitrogens with one attached hydrogen (secondary N) is 1. The maximum absolute atomic E-state index is 12.5. The Morgan fingerprint density at radius 1 is 1.26 bits per heavy atom. The van der Waals surface area contributed by atoms with Crippen molar-refractivity contribution in [2.75, 3.05) is 5.32 Å². The summed E-state index contributed by atoms with van der Waals surface area (Å²) in [5.41, 5.74) is 0.579. The molecule has 1 fully saturated rings. The highest BCUT2D eigenvalue weighted by Gasteiger charge is 2.54. The van der Waals surface area contributed by atoms with Crippen LogP contribution in [0.2, 0.25) is 5.02 Å². The number of hydrogen-bond acceptors (Lipinski definition) is 7. The van der Waals surface area contributed by atoms with E-state index in [-0.39, 0.29) is 5.78 Å². The number of anilines is 1. The lowest BCUT2D eigenvalue weighted by molar-refractivity contribution is -0.140. The molecule has 0 bridgehead atoms. The summed E-state index contributed by atoms with van der Waals surface area (Å²) in [4.78, 5) is 24.8. The fourth-order valence-corrected chi connectivity index (χ4v) is 4.61. The molecule has 1 saturated carbocycles. The van der Waals surface area contributed by atoms with Crippen LogP contribution in [-0.4, -0.2) is 21.5 Å². The van der Waals surface area contributed by atoms with Crippen molar-refractivity contribution in [1.82, 2.24) is 4.37 Å². The second-order valence-electron chi connectivity index (χ2n) is 8.26. The van der Waals surface area contributed by atoms with Crippen LogP contribution in [0.1, 0.15) is 53.5 Å². The zero-order valence-electron chi connectivity index (χ0n) is 18.7. The Bertz CT molecular complexity index is 1490. The van der Waals surface area contributed by atoms with E-state index in [1.165, 1.54) is 11.5 Å². The zero-order valence-corrected chi connectivity index (χ0v) is 20.2. The van der Waals surface area contributed by atoms with Gasteiger partial charge in [-0.1, -0.05) is 29.8 Å². The normalized spacial score (nSPS) is 14.7. The number of rotatable bonds is 5. The van der Waals surface area contributed by atoms with E-state index in [1.54, 1.807) is 37.3 Å². The van der Waals surface area contributed by atoms with E-state index in [0.717, 1.165) is 4.88 Å². The highest BCUT2D eigenvalue weighted by molar-refractivity contribution is 7.06. The van der Waals surface area contributed by atoms with Crippen LogP contribution < -0.4 is 5.32 Å². The minimum absolute atomic E-state index is 0.224. The molecule has 1 amide bonds. The Morgan fingerprint density at radius 3 is 2.71 bits per heavy atom. The molecule has 0 aliphatic heterocycles. The number of aryl methyl sites for hydroxylation is 1. The smallest absolute Gasteiger partial charge is 0.412 e. The highest BCUT2D eigenvalue weighted by Crippen LogP contribution is 2.50. The minimum Gasteiger partial charge on any atom is -0.480 e. The average Bonchev–Trinajstić information content (AvgIpc) is 3.25. The van der Waals surface area contributed by atoms with E-state index in [4.69, 9.17) is 25.2 Å². The summed E-state index contributed by atoms with van der Waals surface area (Å²) in [6.45, 7) is 3.55. The molecule has 5 rings (SSSR count). The van der Waals surface area contributed by atoms with E-state index in [0.29, 0.717) is 51.7 Å². The van der Waals surface area contributed by atoms with Crippen LogP contribution in [0, 0.1) is 18.8 Å². The lowest BCUT2D eigenvalue weighted by atomic mass is 10.0. The van der Waals surface area contributed by atoms with Crippen molar-refractivity contribution < 1.29 is 28.3 Å². The Hall–Kier alpha value is -3.74. The van der Waals surface area contributed by atoms with Gasteiger partial charge in [0.1, 0.15) is 17.3 Å². The number of carbonyl (C=O) groups is 2. The summed E-state index contributed by atoms with van der Waals surface area (Å²) in [6, 6.07) is 10.5. The quantitative estimate of drug-likeness (QED) is 0.304. The number of aromatic nitrogens is 1. The van der Waals surface area contributed by atoms with Crippen molar-refractivity contribution in [3.05, 3.63) is 69.1 Å². The molecule has 1 atom stereocenters. The lowest BCUT2D eigenvalue weighted by Gasteiger charge is -2.15. The predicted octanol–water partition coefficient (Wildman–Crippen LogP) is 6.27. The molecule has 2 N–H and O–H groups in total. The van der Waals surface area contributed by atoms with Gasteiger partial charge in [0.15, 0.2) is 11.5 Å². The first kappa shape index (κ1) is 23.0. The largest absolute Gasteiger partial charge is 0.480 e. The van der Waals surface area contributed by atoms with Crippen LogP contribution >= 0.6 is 23.1 Å². The van der Waals surface area contributed by atoms with Gasteiger partial charge in [0.05, 0.1) is 11.1 Å². The van der Waals surface area contributed by atoms with Crippen molar-refractivity contribution in [3.63, 3.8) is 0 Å². The molecule has 0 radical (unpaired) electrons. The monoisotopic (exact) mass is 510 g/mol. The molecule has 1 aliphatic rings. The molecule has 35 heavy (non-hydrogen) atoms. The van der Waals surface area contributed by atoms with Crippen LogP contribution in [-0.2, 0) is 14.9 Å². The summed E-state index contributed by atoms with van der Waals surface area (Å²) in [5, 5.41) is 13.3. The minimum atomic E-state index is -0.940. The third-order valence-corrected chi connectivity index (χ3v) is 6.96. The number of ether oxygens (including phenoxy) is 1. The summed E-state index contributed by atoms with van der Waals surface area (Å²) in [5.74, 6) is 5.83. The predicted molar refractivity (Wildman–Crippen MR) is 130 cm³/mol. The van der Waals surface area contributed by atoms with Crippen molar-refractivity contribution in [1.29, 1.82) is 0 Å². The van der Waals surface area contributed by atoms with Crippen molar-refractivity contribution in [3.8, 4) is 11.8 Å². The number of carboxylic acids is 1. The van der Waals surface area contributed by atoms with Gasteiger partial charge in [-0.15, -0.1) is 0 Å².